The van der Waals surface area contributed by atoms with Crippen LogP contribution in [0.15, 0.2) is 53.0 Å². The fraction of sp³-hybridized carbons (Fsp3) is 0.333. The Kier molecular flexibility index (Phi) is 7.87. The van der Waals surface area contributed by atoms with E-state index in [1.165, 1.54) is 0 Å². The van der Waals surface area contributed by atoms with Crippen molar-refractivity contribution >= 4 is 39.3 Å². The average Bonchev–Trinajstić information content (AvgIpc) is 2.62. The summed E-state index contributed by atoms with van der Waals surface area (Å²) in [5.41, 5.74) is 1.70. The molecule has 0 aliphatic rings. The maximum atomic E-state index is 13.0. The van der Waals surface area contributed by atoms with Gasteiger partial charge in [0.1, 0.15) is 6.04 Å². The van der Waals surface area contributed by atoms with Crippen LogP contribution in [-0.4, -0.2) is 28.8 Å². The first-order valence-electron chi connectivity index (χ1n) is 8.85. The number of halogens is 2. The third-order valence-corrected chi connectivity index (χ3v) is 5.06. The van der Waals surface area contributed by atoms with Gasteiger partial charge in [-0.05, 0) is 50.1 Å². The highest BCUT2D eigenvalue weighted by atomic mass is 79.9. The van der Waals surface area contributed by atoms with Crippen LogP contribution in [0.2, 0.25) is 5.02 Å². The van der Waals surface area contributed by atoms with Crippen LogP contribution in [0.1, 0.15) is 31.9 Å². The summed E-state index contributed by atoms with van der Waals surface area (Å²) in [4.78, 5) is 27.2. The number of hydrogen-bond acceptors (Lipinski definition) is 2. The fourth-order valence-electron chi connectivity index (χ4n) is 2.68. The average molecular weight is 452 g/mol. The number of carbonyl (C=O) groups excluding carboxylic acids is 2. The maximum absolute atomic E-state index is 13.0. The molecule has 0 radical (unpaired) electrons. The van der Waals surface area contributed by atoms with E-state index >= 15 is 0 Å². The van der Waals surface area contributed by atoms with Crippen LogP contribution in [0.4, 0.5) is 0 Å². The molecule has 27 heavy (non-hydrogen) atoms. The van der Waals surface area contributed by atoms with Gasteiger partial charge in [0.2, 0.25) is 11.8 Å². The molecule has 0 spiro atoms. The molecule has 2 amide bonds. The number of nitrogens with one attached hydrogen (secondary N) is 1. The Morgan fingerprint density at radius 1 is 1.07 bits per heavy atom. The molecule has 0 bridgehead atoms. The van der Waals surface area contributed by atoms with E-state index in [9.17, 15) is 9.59 Å². The molecule has 144 valence electrons. The van der Waals surface area contributed by atoms with E-state index in [-0.39, 0.29) is 24.3 Å². The lowest BCUT2D eigenvalue weighted by atomic mass is 10.1. The van der Waals surface area contributed by atoms with Gasteiger partial charge in [0.05, 0.1) is 6.42 Å². The maximum Gasteiger partial charge on any atom is 0.242 e. The lowest BCUT2D eigenvalue weighted by molar-refractivity contribution is -0.140. The van der Waals surface area contributed by atoms with Gasteiger partial charge in [0.15, 0.2) is 0 Å². The molecule has 0 unspecified atom stereocenters. The number of hydrogen-bond donors (Lipinski definition) is 1. The van der Waals surface area contributed by atoms with E-state index in [1.807, 2.05) is 56.3 Å². The lowest BCUT2D eigenvalue weighted by Gasteiger charge is -2.29. The largest absolute Gasteiger partial charge is 0.352 e. The molecule has 2 aromatic carbocycles. The quantitative estimate of drug-likeness (QED) is 0.669. The van der Waals surface area contributed by atoms with Crippen molar-refractivity contribution in [3.63, 3.8) is 0 Å². The van der Waals surface area contributed by atoms with Crippen molar-refractivity contribution in [3.05, 3.63) is 69.2 Å². The van der Waals surface area contributed by atoms with E-state index in [2.05, 4.69) is 21.2 Å². The van der Waals surface area contributed by atoms with E-state index < -0.39 is 6.04 Å². The smallest absolute Gasteiger partial charge is 0.242 e. The highest BCUT2D eigenvalue weighted by Crippen LogP contribution is 2.19. The first kappa shape index (κ1) is 21.5. The second-order valence-corrected chi connectivity index (χ2v) is 8.08. The molecule has 2 rings (SSSR count). The Morgan fingerprint density at radius 3 is 2.30 bits per heavy atom. The Morgan fingerprint density at radius 2 is 1.70 bits per heavy atom. The minimum Gasteiger partial charge on any atom is -0.352 e. The summed E-state index contributed by atoms with van der Waals surface area (Å²) in [6.45, 7) is 5.90. The minimum atomic E-state index is -0.592. The molecular formula is C21H24BrClN2O2. The van der Waals surface area contributed by atoms with Crippen LogP contribution in [0.25, 0.3) is 0 Å². The number of benzene rings is 2. The van der Waals surface area contributed by atoms with Gasteiger partial charge in [0.25, 0.3) is 0 Å². The molecule has 0 saturated carbocycles. The molecule has 1 atom stereocenters. The van der Waals surface area contributed by atoms with E-state index in [4.69, 9.17) is 11.6 Å². The highest BCUT2D eigenvalue weighted by Gasteiger charge is 2.26. The Bertz CT molecular complexity index is 793. The Balaban J connectivity index is 2.24. The summed E-state index contributed by atoms with van der Waals surface area (Å²) in [7, 11) is 0. The second kappa shape index (κ2) is 9.90. The summed E-state index contributed by atoms with van der Waals surface area (Å²) in [6.07, 6.45) is 0.148. The van der Waals surface area contributed by atoms with Crippen molar-refractivity contribution in [1.29, 1.82) is 0 Å². The van der Waals surface area contributed by atoms with Crippen LogP contribution in [0, 0.1) is 0 Å². The zero-order valence-corrected chi connectivity index (χ0v) is 18.0. The molecular weight excluding hydrogens is 428 g/mol. The van der Waals surface area contributed by atoms with Crippen LogP contribution < -0.4 is 5.32 Å². The van der Waals surface area contributed by atoms with Gasteiger partial charge in [-0.25, -0.2) is 0 Å². The summed E-state index contributed by atoms with van der Waals surface area (Å²) < 4.78 is 0.964. The summed E-state index contributed by atoms with van der Waals surface area (Å²) >= 11 is 9.62. The zero-order valence-electron chi connectivity index (χ0n) is 15.7. The van der Waals surface area contributed by atoms with Crippen molar-refractivity contribution < 1.29 is 9.59 Å². The van der Waals surface area contributed by atoms with Gasteiger partial charge < -0.3 is 10.2 Å². The van der Waals surface area contributed by atoms with Gasteiger partial charge in [-0.15, -0.1) is 0 Å². The van der Waals surface area contributed by atoms with Crippen LogP contribution in [0.5, 0.6) is 0 Å². The summed E-state index contributed by atoms with van der Waals surface area (Å²) in [6, 6.07) is 14.4. The first-order chi connectivity index (χ1) is 12.8. The number of rotatable bonds is 7. The van der Waals surface area contributed by atoms with Crippen molar-refractivity contribution in [2.75, 3.05) is 0 Å². The topological polar surface area (TPSA) is 49.4 Å². The van der Waals surface area contributed by atoms with Crippen LogP contribution >= 0.6 is 27.5 Å². The van der Waals surface area contributed by atoms with Gasteiger partial charge in [-0.2, -0.15) is 0 Å². The Labute approximate surface area is 174 Å². The third-order valence-electron chi connectivity index (χ3n) is 4.16. The molecule has 4 nitrogen and oxygen atoms in total. The molecule has 0 saturated heterocycles. The third kappa shape index (κ3) is 6.36. The van der Waals surface area contributed by atoms with Crippen LogP contribution in [-0.2, 0) is 22.6 Å². The molecule has 0 aliphatic carbocycles. The normalized spacial score (nSPS) is 11.9. The van der Waals surface area contributed by atoms with E-state index in [0.717, 1.165) is 15.6 Å². The minimum absolute atomic E-state index is 0.00755. The van der Waals surface area contributed by atoms with Crippen molar-refractivity contribution in [1.82, 2.24) is 10.2 Å². The highest BCUT2D eigenvalue weighted by molar-refractivity contribution is 9.10. The lowest BCUT2D eigenvalue weighted by Crippen LogP contribution is -2.49. The predicted octanol–water partition coefficient (Wildman–Crippen LogP) is 4.59. The van der Waals surface area contributed by atoms with Gasteiger partial charge in [0, 0.05) is 22.1 Å². The second-order valence-electron chi connectivity index (χ2n) is 6.76. The summed E-state index contributed by atoms with van der Waals surface area (Å²) in [5.74, 6) is -0.313. The zero-order chi connectivity index (χ0) is 20.0. The van der Waals surface area contributed by atoms with Crippen molar-refractivity contribution in [3.8, 4) is 0 Å². The van der Waals surface area contributed by atoms with Gasteiger partial charge in [-0.3, -0.25) is 9.59 Å². The van der Waals surface area contributed by atoms with E-state index in [1.54, 1.807) is 17.9 Å². The molecule has 0 heterocycles. The van der Waals surface area contributed by atoms with Crippen LogP contribution in [0.3, 0.4) is 0 Å². The number of carbonyl (C=O) groups is 2. The molecule has 6 heteroatoms. The SMILES string of the molecule is CC(C)NC(=O)[C@@H](C)N(Cc1ccc(Br)cc1)C(=O)Cc1ccccc1Cl. The molecule has 1 N–H and O–H groups in total. The van der Waals surface area contributed by atoms with Gasteiger partial charge >= 0.3 is 0 Å². The van der Waals surface area contributed by atoms with Crippen molar-refractivity contribution in [2.45, 2.75) is 45.8 Å². The first-order valence-corrected chi connectivity index (χ1v) is 10.0. The molecule has 0 fully saturated rings. The number of nitrogens with zero attached hydrogens (tertiary/aromatic N) is 1. The van der Waals surface area contributed by atoms with E-state index in [0.29, 0.717) is 11.6 Å². The fourth-order valence-corrected chi connectivity index (χ4v) is 3.15. The standard InChI is InChI=1S/C21H24BrClN2O2/c1-14(2)24-21(27)15(3)25(13-16-8-10-18(22)11-9-16)20(26)12-17-6-4-5-7-19(17)23/h4-11,14-15H,12-13H2,1-3H3,(H,24,27)/t15-/m1/s1. The van der Waals surface area contributed by atoms with Crippen molar-refractivity contribution in [2.24, 2.45) is 0 Å². The Hall–Kier alpha value is -1.85. The predicted molar refractivity (Wildman–Crippen MR) is 113 cm³/mol. The number of amides is 2. The molecule has 2 aromatic rings. The molecule has 0 aromatic heterocycles. The summed E-state index contributed by atoms with van der Waals surface area (Å²) in [5, 5.41) is 3.43. The monoisotopic (exact) mass is 450 g/mol. The molecule has 0 aliphatic heterocycles. The van der Waals surface area contributed by atoms with Gasteiger partial charge in [-0.1, -0.05) is 57.9 Å².